The lowest BCUT2D eigenvalue weighted by Gasteiger charge is -2.27. The van der Waals surface area contributed by atoms with Crippen molar-refractivity contribution in [2.24, 2.45) is 0 Å². The second kappa shape index (κ2) is 20.6. The lowest BCUT2D eigenvalue weighted by molar-refractivity contribution is 0.0694. The lowest BCUT2D eigenvalue weighted by Crippen LogP contribution is -2.27. The fraction of sp³-hybridized carbons (Fsp3) is 0.333. The van der Waals surface area contributed by atoms with E-state index in [1.165, 1.54) is 12.4 Å². The van der Waals surface area contributed by atoms with Crippen LogP contribution in [0, 0.1) is 0 Å². The van der Waals surface area contributed by atoms with Gasteiger partial charge in [0.05, 0.1) is 61.3 Å². The third-order valence-corrected chi connectivity index (χ3v) is 12.5. The molecule has 10 rings (SSSR count). The van der Waals surface area contributed by atoms with Crippen molar-refractivity contribution in [1.82, 2.24) is 48.8 Å². The number of fused-ring (bicyclic) bond motifs is 2. The van der Waals surface area contributed by atoms with Crippen LogP contribution in [0.5, 0.6) is 11.5 Å². The van der Waals surface area contributed by atoms with Crippen LogP contribution in [0.2, 0.25) is 10.0 Å². The average molecular weight is 962 g/mol. The molecule has 2 amide bonds. The Morgan fingerprint density at radius 3 is 1.50 bits per heavy atom. The zero-order valence-corrected chi connectivity index (χ0v) is 38.9. The standard InChI is InChI=1S/2C24H25ClN6O3/c2*1-2-34-21-9-8-15(25)12-16(21)22-18(14-31(29-22)19-6-3-4-7-20(19)32)28-24(33)17-13-27-30-11-5-10-26-23(17)30/h2*5,8-14,19-20,32H,2-4,6-7H2,1H3,(H,28,33)/t2*19-,20-/m10/s1. The van der Waals surface area contributed by atoms with Gasteiger partial charge in [-0.1, -0.05) is 48.9 Å². The van der Waals surface area contributed by atoms with Gasteiger partial charge in [0.2, 0.25) is 0 Å². The summed E-state index contributed by atoms with van der Waals surface area (Å²) in [6.07, 6.45) is 19.2. The van der Waals surface area contributed by atoms with Crippen LogP contribution in [-0.4, -0.2) is 96.2 Å². The summed E-state index contributed by atoms with van der Waals surface area (Å²) in [5, 5.41) is 46.2. The van der Waals surface area contributed by atoms with Crippen LogP contribution >= 0.6 is 23.2 Å². The van der Waals surface area contributed by atoms with E-state index in [0.717, 1.165) is 51.4 Å². The maximum absolute atomic E-state index is 13.3. The minimum atomic E-state index is -0.500. The number of halogens is 2. The second-order valence-electron chi connectivity index (χ2n) is 16.5. The average Bonchev–Trinajstić information content (AvgIpc) is 4.16. The van der Waals surface area contributed by atoms with Gasteiger partial charge in [-0.15, -0.1) is 0 Å². The molecule has 2 saturated carbocycles. The quantitative estimate of drug-likeness (QED) is 0.0905. The normalized spacial score (nSPS) is 18.2. The van der Waals surface area contributed by atoms with Gasteiger partial charge in [-0.25, -0.2) is 19.0 Å². The molecule has 0 unspecified atom stereocenters. The summed E-state index contributed by atoms with van der Waals surface area (Å²) < 4.78 is 18.2. The van der Waals surface area contributed by atoms with Gasteiger partial charge in [-0.2, -0.15) is 20.4 Å². The number of anilines is 2. The number of aliphatic hydroxyl groups is 2. The molecule has 2 aliphatic rings. The van der Waals surface area contributed by atoms with E-state index in [1.54, 1.807) is 104 Å². The maximum atomic E-state index is 13.3. The van der Waals surface area contributed by atoms with Crippen molar-refractivity contribution in [3.8, 4) is 34.0 Å². The number of rotatable bonds is 12. The molecule has 2 fully saturated rings. The highest BCUT2D eigenvalue weighted by molar-refractivity contribution is 6.31. The lowest BCUT2D eigenvalue weighted by atomic mass is 9.93. The number of hydrogen-bond acceptors (Lipinski definition) is 12. The number of nitrogens with zero attached hydrogens (tertiary/aromatic N) is 10. The first kappa shape index (κ1) is 46.3. The number of hydrogen-bond donors (Lipinski definition) is 4. The first-order valence-electron chi connectivity index (χ1n) is 22.7. The Kier molecular flexibility index (Phi) is 14.0. The summed E-state index contributed by atoms with van der Waals surface area (Å²) in [5.74, 6) is 0.487. The summed E-state index contributed by atoms with van der Waals surface area (Å²) in [5.41, 5.74) is 4.91. The van der Waals surface area contributed by atoms with Crippen LogP contribution in [0.3, 0.4) is 0 Å². The number of aromatic nitrogens is 10. The predicted octanol–water partition coefficient (Wildman–Crippen LogP) is 8.75. The van der Waals surface area contributed by atoms with Gasteiger partial charge in [0.15, 0.2) is 11.3 Å². The van der Waals surface area contributed by atoms with E-state index in [0.29, 0.717) is 91.1 Å². The zero-order chi connectivity index (χ0) is 47.3. The summed E-state index contributed by atoms with van der Waals surface area (Å²) in [7, 11) is 0. The predicted molar refractivity (Wildman–Crippen MR) is 257 cm³/mol. The zero-order valence-electron chi connectivity index (χ0n) is 37.4. The van der Waals surface area contributed by atoms with Crippen molar-refractivity contribution < 1.29 is 29.3 Å². The van der Waals surface area contributed by atoms with Crippen molar-refractivity contribution in [3.63, 3.8) is 0 Å². The molecule has 6 aromatic heterocycles. The van der Waals surface area contributed by atoms with Crippen LogP contribution in [0.4, 0.5) is 11.4 Å². The Balaban J connectivity index is 0.000000170. The molecule has 0 bridgehead atoms. The van der Waals surface area contributed by atoms with E-state index < -0.39 is 12.2 Å². The van der Waals surface area contributed by atoms with Gasteiger partial charge in [0.1, 0.15) is 34.0 Å². The molecule has 6 heterocycles. The Morgan fingerprint density at radius 1 is 0.662 bits per heavy atom. The van der Waals surface area contributed by atoms with Gasteiger partial charge >= 0.3 is 0 Å². The Labute approximate surface area is 400 Å². The van der Waals surface area contributed by atoms with E-state index in [2.05, 4.69) is 30.8 Å². The molecule has 0 spiro atoms. The van der Waals surface area contributed by atoms with Crippen molar-refractivity contribution in [2.75, 3.05) is 23.8 Å². The van der Waals surface area contributed by atoms with Gasteiger partial charge in [0, 0.05) is 58.4 Å². The smallest absolute Gasteiger partial charge is 0.261 e. The number of benzene rings is 2. The number of carbonyl (C=O) groups excluding carboxylic acids is 2. The van der Waals surface area contributed by atoms with E-state index in [1.807, 2.05) is 13.8 Å². The Bertz CT molecular complexity index is 2870. The molecule has 68 heavy (non-hydrogen) atoms. The fourth-order valence-electron chi connectivity index (χ4n) is 8.80. The SMILES string of the molecule is CCOc1ccc(Cl)cc1-c1nn([C@@H]2CCCC[C@H]2O)cc1NC(=O)c1cnn2cccnc12.CCOc1ccc(Cl)cc1-c1nn([C@H]2CCCC[C@@H]2O)cc1NC(=O)c1cnn2cccnc12. The van der Waals surface area contributed by atoms with Crippen molar-refractivity contribution in [2.45, 2.75) is 89.5 Å². The van der Waals surface area contributed by atoms with Gasteiger partial charge in [0.25, 0.3) is 11.8 Å². The van der Waals surface area contributed by atoms with Crippen LogP contribution in [0.15, 0.2) is 98.1 Å². The van der Waals surface area contributed by atoms with E-state index in [9.17, 15) is 19.8 Å². The molecule has 0 aliphatic heterocycles. The van der Waals surface area contributed by atoms with Gasteiger partial charge < -0.3 is 30.3 Å². The van der Waals surface area contributed by atoms with Crippen LogP contribution in [0.1, 0.15) is 98.0 Å². The molecule has 4 N–H and O–H groups in total. The molecule has 4 atom stereocenters. The minimum absolute atomic E-state index is 0.175. The van der Waals surface area contributed by atoms with E-state index in [4.69, 9.17) is 42.9 Å². The van der Waals surface area contributed by atoms with Crippen LogP contribution in [0.25, 0.3) is 33.8 Å². The summed E-state index contributed by atoms with van der Waals surface area (Å²) in [6, 6.07) is 13.8. The molecule has 0 radical (unpaired) electrons. The molecule has 2 aromatic carbocycles. The van der Waals surface area contributed by atoms with Crippen molar-refractivity contribution in [1.29, 1.82) is 0 Å². The third kappa shape index (κ3) is 9.76. The highest BCUT2D eigenvalue weighted by Crippen LogP contribution is 2.40. The molecule has 8 aromatic rings. The first-order chi connectivity index (χ1) is 33.1. The fourth-order valence-corrected chi connectivity index (χ4v) is 9.14. The largest absolute Gasteiger partial charge is 0.493 e. The molecule has 2 aliphatic carbocycles. The Morgan fingerprint density at radius 2 is 1.09 bits per heavy atom. The number of nitrogens with one attached hydrogen (secondary N) is 2. The van der Waals surface area contributed by atoms with Gasteiger partial charge in [-0.05, 0) is 88.1 Å². The van der Waals surface area contributed by atoms with Crippen LogP contribution in [-0.2, 0) is 0 Å². The first-order valence-corrected chi connectivity index (χ1v) is 23.4. The number of ether oxygens (including phenoxy) is 2. The molecule has 352 valence electrons. The highest BCUT2D eigenvalue weighted by atomic mass is 35.5. The highest BCUT2D eigenvalue weighted by Gasteiger charge is 2.30. The molecular formula is C48H50Cl2N12O6. The second-order valence-corrected chi connectivity index (χ2v) is 17.4. The minimum Gasteiger partial charge on any atom is -0.493 e. The number of aliphatic hydroxyl groups excluding tert-OH is 2. The molecule has 0 saturated heterocycles. The van der Waals surface area contributed by atoms with Crippen molar-refractivity contribution in [3.05, 3.63) is 119 Å². The molecule has 18 nitrogen and oxygen atoms in total. The third-order valence-electron chi connectivity index (χ3n) is 12.1. The number of amides is 2. The summed E-state index contributed by atoms with van der Waals surface area (Å²) in [4.78, 5) is 35.0. The Hall–Kier alpha value is -6.86. The van der Waals surface area contributed by atoms with Crippen LogP contribution < -0.4 is 20.1 Å². The van der Waals surface area contributed by atoms with E-state index in [-0.39, 0.29) is 23.9 Å². The van der Waals surface area contributed by atoms with Gasteiger partial charge in [-0.3, -0.25) is 19.0 Å². The summed E-state index contributed by atoms with van der Waals surface area (Å²) >= 11 is 12.6. The monoisotopic (exact) mass is 960 g/mol. The molecule has 20 heteroatoms. The van der Waals surface area contributed by atoms with E-state index >= 15 is 0 Å². The maximum Gasteiger partial charge on any atom is 0.261 e. The topological polar surface area (TPSA) is 213 Å². The number of carbonyl (C=O) groups is 2. The summed E-state index contributed by atoms with van der Waals surface area (Å²) in [6.45, 7) is 4.73. The molecular weight excluding hydrogens is 912 g/mol. The van der Waals surface area contributed by atoms with Crippen molar-refractivity contribution >= 4 is 57.7 Å².